The number of phenols is 1. The molecule has 0 spiro atoms. The third kappa shape index (κ3) is 4.69. The second-order valence-corrected chi connectivity index (χ2v) is 11.2. The summed E-state index contributed by atoms with van der Waals surface area (Å²) >= 11 is 6.52. The van der Waals surface area contributed by atoms with Gasteiger partial charge < -0.3 is 14.6 Å². The van der Waals surface area contributed by atoms with Crippen LogP contribution in [0.3, 0.4) is 0 Å². The van der Waals surface area contributed by atoms with Gasteiger partial charge in [-0.3, -0.25) is 19.0 Å². The molecule has 1 aliphatic rings. The van der Waals surface area contributed by atoms with Gasteiger partial charge in [0, 0.05) is 31.1 Å². The number of para-hydroxylation sites is 1. The van der Waals surface area contributed by atoms with Crippen LogP contribution in [0, 0.1) is 24.5 Å². The molecule has 5 rings (SSSR count). The van der Waals surface area contributed by atoms with Gasteiger partial charge in [-0.05, 0) is 42.2 Å². The van der Waals surface area contributed by atoms with Crippen molar-refractivity contribution in [3.05, 3.63) is 103 Å². The minimum Gasteiger partial charge on any atom is -0.507 e. The fourth-order valence-corrected chi connectivity index (χ4v) is 5.84. The second-order valence-electron chi connectivity index (χ2n) is 10.8. The molecule has 42 heavy (non-hydrogen) atoms. The van der Waals surface area contributed by atoms with Crippen LogP contribution in [0.5, 0.6) is 5.75 Å². The van der Waals surface area contributed by atoms with Gasteiger partial charge in [0.2, 0.25) is 0 Å². The summed E-state index contributed by atoms with van der Waals surface area (Å²) in [7, 11) is 0. The Hall–Kier alpha value is -4.31. The summed E-state index contributed by atoms with van der Waals surface area (Å²) in [6, 6.07) is 10.0. The van der Waals surface area contributed by atoms with Crippen molar-refractivity contribution in [2.45, 2.75) is 33.2 Å². The molecule has 218 valence electrons. The highest BCUT2D eigenvalue weighted by Gasteiger charge is 2.34. The number of amides is 1. The fourth-order valence-electron chi connectivity index (χ4n) is 5.55. The summed E-state index contributed by atoms with van der Waals surface area (Å²) in [5, 5.41) is 10.2. The lowest BCUT2D eigenvalue weighted by atomic mass is 9.96. The Labute approximate surface area is 243 Å². The van der Waals surface area contributed by atoms with Gasteiger partial charge in [0.15, 0.2) is 11.6 Å². The molecule has 1 N–H and O–H groups in total. The predicted molar refractivity (Wildman–Crippen MR) is 155 cm³/mol. The highest BCUT2D eigenvalue weighted by atomic mass is 35.5. The summed E-state index contributed by atoms with van der Waals surface area (Å²) in [4.78, 5) is 40.7. The van der Waals surface area contributed by atoms with E-state index in [1.165, 1.54) is 23.1 Å². The molecule has 0 radical (unpaired) electrons. The third-order valence-electron chi connectivity index (χ3n) is 7.59. The molecule has 0 aliphatic carbocycles. The Morgan fingerprint density at radius 1 is 1.10 bits per heavy atom. The van der Waals surface area contributed by atoms with Crippen molar-refractivity contribution >= 4 is 28.5 Å². The maximum absolute atomic E-state index is 16.8. The number of rotatable bonds is 6. The maximum atomic E-state index is 16.8. The zero-order valence-corrected chi connectivity index (χ0v) is 23.8. The number of aryl methyl sites for hydroxylation is 1. The molecule has 0 bridgehead atoms. The van der Waals surface area contributed by atoms with Crippen LogP contribution in [-0.4, -0.2) is 38.1 Å². The van der Waals surface area contributed by atoms with E-state index in [4.69, 9.17) is 11.6 Å². The number of hydrogen-bond acceptors (Lipinski definition) is 4. The molecule has 7 nitrogen and oxygen atoms in total. The molecule has 1 aliphatic heterocycles. The summed E-state index contributed by atoms with van der Waals surface area (Å²) in [5.74, 6) is -5.08. The van der Waals surface area contributed by atoms with E-state index in [0.717, 1.165) is 15.2 Å². The van der Waals surface area contributed by atoms with E-state index in [2.05, 4.69) is 6.58 Å². The van der Waals surface area contributed by atoms with E-state index < -0.39 is 51.4 Å². The van der Waals surface area contributed by atoms with Gasteiger partial charge in [-0.1, -0.05) is 56.3 Å². The molecule has 0 unspecified atom stereocenters. The van der Waals surface area contributed by atoms with Gasteiger partial charge in [0.1, 0.15) is 17.1 Å². The number of fused-ring (bicyclic) bond motifs is 1. The molecule has 1 fully saturated rings. The monoisotopic (exact) mass is 597 g/mol. The normalized spacial score (nSPS) is 13.6. The first-order valence-corrected chi connectivity index (χ1v) is 13.6. The van der Waals surface area contributed by atoms with Gasteiger partial charge in [-0.15, -0.1) is 0 Å². The van der Waals surface area contributed by atoms with Crippen LogP contribution in [0.4, 0.5) is 13.2 Å². The number of hydrogen-bond donors (Lipinski definition) is 1. The SMILES string of the molecule is C=C(F)C(=O)N1CC(Cn2c(=O)c(=O)n(-c3c(C)cccc3C(C)C)c3c(F)c(-c4c(O)cccc4F)c(Cl)cc32)C1. The molecular formula is C31H27ClF3N3O4. The van der Waals surface area contributed by atoms with Crippen molar-refractivity contribution in [2.75, 3.05) is 13.1 Å². The van der Waals surface area contributed by atoms with E-state index >= 15 is 4.39 Å². The number of carbonyl (C=O) groups excluding carboxylic acids is 1. The minimum atomic E-state index is -1.12. The molecule has 1 saturated heterocycles. The van der Waals surface area contributed by atoms with Crippen LogP contribution in [0.2, 0.25) is 5.02 Å². The third-order valence-corrected chi connectivity index (χ3v) is 7.89. The first kappa shape index (κ1) is 29.2. The molecule has 0 atom stereocenters. The van der Waals surface area contributed by atoms with Crippen LogP contribution in [0.25, 0.3) is 27.8 Å². The number of halogens is 4. The lowest BCUT2D eigenvalue weighted by molar-refractivity contribution is -0.135. The van der Waals surface area contributed by atoms with E-state index in [-0.39, 0.29) is 47.5 Å². The first-order valence-electron chi connectivity index (χ1n) is 13.2. The number of phenolic OH excluding ortho intramolecular Hbond substituents is 1. The smallest absolute Gasteiger partial charge is 0.321 e. The predicted octanol–water partition coefficient (Wildman–Crippen LogP) is 5.83. The van der Waals surface area contributed by atoms with Crippen molar-refractivity contribution in [3.8, 4) is 22.6 Å². The average molecular weight is 598 g/mol. The molecule has 11 heteroatoms. The first-order chi connectivity index (χ1) is 19.8. The Morgan fingerprint density at radius 3 is 2.38 bits per heavy atom. The van der Waals surface area contributed by atoms with Crippen molar-refractivity contribution in [3.63, 3.8) is 0 Å². The van der Waals surface area contributed by atoms with E-state index in [9.17, 15) is 28.3 Å². The number of aromatic hydroxyl groups is 1. The number of likely N-dealkylation sites (tertiary alicyclic amines) is 1. The zero-order valence-electron chi connectivity index (χ0n) is 23.1. The molecule has 4 aromatic rings. The topological polar surface area (TPSA) is 84.5 Å². The van der Waals surface area contributed by atoms with Crippen LogP contribution in [-0.2, 0) is 11.3 Å². The zero-order chi connectivity index (χ0) is 30.6. The summed E-state index contributed by atoms with van der Waals surface area (Å²) in [6.07, 6.45) is 0. The van der Waals surface area contributed by atoms with Gasteiger partial charge in [0.05, 0.1) is 21.8 Å². The molecular weight excluding hydrogens is 571 g/mol. The second kappa shape index (κ2) is 10.8. The van der Waals surface area contributed by atoms with Crippen LogP contribution < -0.4 is 11.1 Å². The minimum absolute atomic E-state index is 0.0423. The Bertz CT molecular complexity index is 1890. The molecule has 3 aromatic carbocycles. The summed E-state index contributed by atoms with van der Waals surface area (Å²) in [6.45, 7) is 8.58. The van der Waals surface area contributed by atoms with Gasteiger partial charge in [-0.2, -0.15) is 0 Å². The van der Waals surface area contributed by atoms with Crippen LogP contribution in [0.1, 0.15) is 30.9 Å². The van der Waals surface area contributed by atoms with Crippen molar-refractivity contribution in [2.24, 2.45) is 5.92 Å². The molecule has 2 heterocycles. The number of nitrogens with zero attached hydrogens (tertiary/aromatic N) is 3. The molecule has 1 aromatic heterocycles. The van der Waals surface area contributed by atoms with Gasteiger partial charge in [-0.25, -0.2) is 13.2 Å². The lowest BCUT2D eigenvalue weighted by Crippen LogP contribution is -2.53. The molecule has 1 amide bonds. The number of aromatic nitrogens is 2. The van der Waals surface area contributed by atoms with Gasteiger partial charge >= 0.3 is 11.1 Å². The van der Waals surface area contributed by atoms with E-state index in [1.54, 1.807) is 25.1 Å². The largest absolute Gasteiger partial charge is 0.507 e. The van der Waals surface area contributed by atoms with Crippen LogP contribution >= 0.6 is 11.6 Å². The fraction of sp³-hybridized carbons (Fsp3) is 0.258. The van der Waals surface area contributed by atoms with Crippen molar-refractivity contribution < 1.29 is 23.1 Å². The standard InChI is InChI=1S/C31H27ClF3N3O4/c1-15(2)19-8-5-7-16(3)27(19)38-28-22(11-20(32)24(26(28)35)25-21(34)9-6-10-23(25)39)37(30(41)31(38)42)14-18-12-36(13-18)29(40)17(4)33/h5-11,15,18,39H,4,12-14H2,1-3H3. The maximum Gasteiger partial charge on any atom is 0.321 e. The highest BCUT2D eigenvalue weighted by molar-refractivity contribution is 6.34. The van der Waals surface area contributed by atoms with Crippen molar-refractivity contribution in [1.82, 2.24) is 14.0 Å². The van der Waals surface area contributed by atoms with Crippen LogP contribution in [0.15, 0.2) is 64.5 Å². The van der Waals surface area contributed by atoms with Crippen molar-refractivity contribution in [1.29, 1.82) is 0 Å². The number of carbonyl (C=O) groups is 1. The van der Waals surface area contributed by atoms with E-state index in [1.807, 2.05) is 13.8 Å². The average Bonchev–Trinajstić information content (AvgIpc) is 2.90. The Balaban J connectivity index is 1.85. The Morgan fingerprint density at radius 2 is 1.76 bits per heavy atom. The number of benzene rings is 3. The Kier molecular flexibility index (Phi) is 7.53. The van der Waals surface area contributed by atoms with Gasteiger partial charge in [0.25, 0.3) is 5.91 Å². The molecule has 0 saturated carbocycles. The summed E-state index contributed by atoms with van der Waals surface area (Å²) < 4.78 is 47.2. The summed E-state index contributed by atoms with van der Waals surface area (Å²) in [5.41, 5.74) is -1.79. The quantitative estimate of drug-likeness (QED) is 0.224. The van der Waals surface area contributed by atoms with E-state index in [0.29, 0.717) is 16.8 Å². The lowest BCUT2D eigenvalue weighted by Gasteiger charge is -2.39. The highest BCUT2D eigenvalue weighted by Crippen LogP contribution is 2.41.